The van der Waals surface area contributed by atoms with E-state index in [0.717, 1.165) is 6.42 Å². The first kappa shape index (κ1) is 11.0. The van der Waals surface area contributed by atoms with Crippen LogP contribution in [0, 0.1) is 5.92 Å². The molecular weight excluding hydrogens is 228 g/mol. The molecule has 2 rings (SSSR count). The van der Waals surface area contributed by atoms with Crippen LogP contribution >= 0.6 is 11.8 Å². The Morgan fingerprint density at radius 1 is 1.38 bits per heavy atom. The lowest BCUT2D eigenvalue weighted by molar-refractivity contribution is -0.144. The van der Waals surface area contributed by atoms with Gasteiger partial charge in [-0.2, -0.15) is 0 Å². The summed E-state index contributed by atoms with van der Waals surface area (Å²) in [5.41, 5.74) is 11.1. The predicted molar refractivity (Wildman–Crippen MR) is 60.9 cm³/mol. The maximum Gasteiger partial charge on any atom is 0.307 e. The highest BCUT2D eigenvalue weighted by molar-refractivity contribution is 7.99. The number of nitrogens with two attached hydrogens (primary N) is 2. The number of rotatable bonds is 3. The number of carbonyl (C=O) groups is 1. The maximum absolute atomic E-state index is 10.8. The van der Waals surface area contributed by atoms with Crippen molar-refractivity contribution >= 4 is 29.4 Å². The normalized spacial score (nSPS) is 23.8. The zero-order chi connectivity index (χ0) is 11.7. The van der Waals surface area contributed by atoms with Crippen LogP contribution in [-0.4, -0.2) is 26.3 Å². The number of nitrogens with zero attached hydrogens (tertiary/aromatic N) is 2. The van der Waals surface area contributed by atoms with E-state index in [4.69, 9.17) is 16.6 Å². The van der Waals surface area contributed by atoms with Crippen molar-refractivity contribution in [1.29, 1.82) is 0 Å². The highest BCUT2D eigenvalue weighted by Crippen LogP contribution is 2.40. The molecule has 6 nitrogen and oxygen atoms in total. The van der Waals surface area contributed by atoms with Crippen LogP contribution in [0.4, 0.5) is 11.6 Å². The van der Waals surface area contributed by atoms with Gasteiger partial charge in [-0.1, -0.05) is 11.8 Å². The molecule has 0 aliphatic heterocycles. The minimum absolute atomic E-state index is 0.0266. The topological polar surface area (TPSA) is 115 Å². The number of aromatic nitrogens is 2. The average Bonchev–Trinajstić information content (AvgIpc) is 2.09. The van der Waals surface area contributed by atoms with Crippen molar-refractivity contribution in [1.82, 2.24) is 9.97 Å². The van der Waals surface area contributed by atoms with Crippen molar-refractivity contribution in [2.75, 3.05) is 11.5 Å². The largest absolute Gasteiger partial charge is 0.481 e. The van der Waals surface area contributed by atoms with Crippen molar-refractivity contribution < 1.29 is 9.90 Å². The standard InChI is InChI=1S/C9H12N4O2S/c10-6-3-7(11)13-9(12-6)16-5-2-1-4(5)8(14)15/h3-5H,1-2H2,(H,14,15)(H4,10,11,12,13). The second-order valence-electron chi connectivity index (χ2n) is 3.68. The van der Waals surface area contributed by atoms with Crippen LogP contribution in [0.15, 0.2) is 11.2 Å². The molecule has 0 bridgehead atoms. The van der Waals surface area contributed by atoms with Crippen LogP contribution in [0.3, 0.4) is 0 Å². The van der Waals surface area contributed by atoms with Gasteiger partial charge in [0.15, 0.2) is 5.16 Å². The van der Waals surface area contributed by atoms with E-state index >= 15 is 0 Å². The number of carboxylic acids is 1. The Labute approximate surface area is 96.4 Å². The highest BCUT2D eigenvalue weighted by Gasteiger charge is 2.37. The van der Waals surface area contributed by atoms with Gasteiger partial charge < -0.3 is 16.6 Å². The molecule has 16 heavy (non-hydrogen) atoms. The Morgan fingerprint density at radius 3 is 2.44 bits per heavy atom. The fraction of sp³-hybridized carbons (Fsp3) is 0.444. The van der Waals surface area contributed by atoms with Gasteiger partial charge in [-0.05, 0) is 12.8 Å². The summed E-state index contributed by atoms with van der Waals surface area (Å²) in [6.45, 7) is 0. The molecule has 7 heteroatoms. The van der Waals surface area contributed by atoms with Gasteiger partial charge in [0, 0.05) is 11.3 Å². The van der Waals surface area contributed by atoms with E-state index in [9.17, 15) is 4.79 Å². The third-order valence-corrected chi connectivity index (χ3v) is 3.79. The van der Waals surface area contributed by atoms with Crippen molar-refractivity contribution in [3.05, 3.63) is 6.07 Å². The molecule has 0 spiro atoms. The molecule has 5 N–H and O–H groups in total. The van der Waals surface area contributed by atoms with Crippen LogP contribution in [0.1, 0.15) is 12.8 Å². The summed E-state index contributed by atoms with van der Waals surface area (Å²) in [4.78, 5) is 18.8. The summed E-state index contributed by atoms with van der Waals surface area (Å²) < 4.78 is 0. The number of hydrogen-bond acceptors (Lipinski definition) is 6. The van der Waals surface area contributed by atoms with Crippen molar-refractivity contribution in [3.63, 3.8) is 0 Å². The molecule has 2 unspecified atom stereocenters. The number of hydrogen-bond donors (Lipinski definition) is 3. The summed E-state index contributed by atoms with van der Waals surface area (Å²) in [6.07, 6.45) is 1.57. The monoisotopic (exact) mass is 240 g/mol. The Bertz CT molecular complexity index is 406. The smallest absolute Gasteiger partial charge is 0.307 e. The summed E-state index contributed by atoms with van der Waals surface area (Å²) in [7, 11) is 0. The van der Waals surface area contributed by atoms with E-state index in [1.165, 1.54) is 17.8 Å². The molecule has 1 aliphatic carbocycles. The number of aliphatic carboxylic acids is 1. The van der Waals surface area contributed by atoms with Crippen molar-refractivity contribution in [2.45, 2.75) is 23.2 Å². The van der Waals surface area contributed by atoms with E-state index in [1.54, 1.807) is 0 Å². The van der Waals surface area contributed by atoms with Gasteiger partial charge in [0.1, 0.15) is 11.6 Å². The SMILES string of the molecule is Nc1cc(N)nc(SC2CCC2C(=O)O)n1. The molecule has 1 heterocycles. The van der Waals surface area contributed by atoms with Gasteiger partial charge >= 0.3 is 5.97 Å². The van der Waals surface area contributed by atoms with E-state index in [1.807, 2.05) is 0 Å². The third kappa shape index (κ3) is 2.19. The summed E-state index contributed by atoms with van der Waals surface area (Å²) in [6, 6.07) is 1.47. The number of nitrogen functional groups attached to an aromatic ring is 2. The number of thioether (sulfide) groups is 1. The van der Waals surface area contributed by atoms with Crippen molar-refractivity contribution in [2.24, 2.45) is 5.92 Å². The molecular formula is C9H12N4O2S. The Kier molecular flexibility index (Phi) is 2.86. The van der Waals surface area contributed by atoms with Crippen LogP contribution < -0.4 is 11.5 Å². The van der Waals surface area contributed by atoms with Gasteiger partial charge in [0.2, 0.25) is 0 Å². The molecule has 0 amide bonds. The summed E-state index contributed by atoms with van der Waals surface area (Å²) in [5, 5.41) is 9.37. The zero-order valence-electron chi connectivity index (χ0n) is 8.46. The molecule has 86 valence electrons. The third-order valence-electron chi connectivity index (χ3n) is 2.53. The molecule has 0 aromatic carbocycles. The number of anilines is 2. The Morgan fingerprint density at radius 2 is 2.00 bits per heavy atom. The fourth-order valence-corrected chi connectivity index (χ4v) is 2.80. The van der Waals surface area contributed by atoms with Crippen LogP contribution in [0.25, 0.3) is 0 Å². The molecule has 1 fully saturated rings. The lowest BCUT2D eigenvalue weighted by Crippen LogP contribution is -2.35. The van der Waals surface area contributed by atoms with E-state index in [2.05, 4.69) is 9.97 Å². The lowest BCUT2D eigenvalue weighted by atomic mass is 9.85. The molecule has 0 radical (unpaired) electrons. The molecule has 1 aromatic rings. The highest BCUT2D eigenvalue weighted by atomic mass is 32.2. The number of carboxylic acid groups (broad SMARTS) is 1. The van der Waals surface area contributed by atoms with Gasteiger partial charge in [-0.3, -0.25) is 4.79 Å². The minimum Gasteiger partial charge on any atom is -0.481 e. The van der Waals surface area contributed by atoms with Crippen LogP contribution in [-0.2, 0) is 4.79 Å². The molecule has 1 aromatic heterocycles. The fourth-order valence-electron chi connectivity index (χ4n) is 1.54. The first-order chi connectivity index (χ1) is 7.56. The Hall–Kier alpha value is -1.50. The first-order valence-electron chi connectivity index (χ1n) is 4.86. The van der Waals surface area contributed by atoms with Crippen LogP contribution in [0.2, 0.25) is 0 Å². The molecule has 1 aliphatic rings. The van der Waals surface area contributed by atoms with Crippen LogP contribution in [0.5, 0.6) is 0 Å². The van der Waals surface area contributed by atoms with Gasteiger partial charge in [0.25, 0.3) is 0 Å². The Balaban J connectivity index is 2.07. The second-order valence-corrected chi connectivity index (χ2v) is 4.88. The quantitative estimate of drug-likeness (QED) is 0.662. The van der Waals surface area contributed by atoms with Gasteiger partial charge in [0.05, 0.1) is 5.92 Å². The average molecular weight is 240 g/mol. The molecule has 2 atom stereocenters. The summed E-state index contributed by atoms with van der Waals surface area (Å²) >= 11 is 1.33. The van der Waals surface area contributed by atoms with E-state index in [-0.39, 0.29) is 11.2 Å². The lowest BCUT2D eigenvalue weighted by Gasteiger charge is -2.31. The first-order valence-corrected chi connectivity index (χ1v) is 5.73. The van der Waals surface area contributed by atoms with E-state index < -0.39 is 5.97 Å². The van der Waals surface area contributed by atoms with Crippen molar-refractivity contribution in [3.8, 4) is 0 Å². The molecule has 1 saturated carbocycles. The zero-order valence-corrected chi connectivity index (χ0v) is 9.28. The van der Waals surface area contributed by atoms with Gasteiger partial charge in [-0.25, -0.2) is 9.97 Å². The molecule has 0 saturated heterocycles. The van der Waals surface area contributed by atoms with E-state index in [0.29, 0.717) is 23.2 Å². The summed E-state index contributed by atoms with van der Waals surface area (Å²) in [5.74, 6) is -0.459. The maximum atomic E-state index is 10.8. The second kappa shape index (κ2) is 4.17. The van der Waals surface area contributed by atoms with Gasteiger partial charge in [-0.15, -0.1) is 0 Å². The predicted octanol–water partition coefficient (Wildman–Crippen LogP) is 0.596. The minimum atomic E-state index is -0.763.